The van der Waals surface area contributed by atoms with E-state index in [4.69, 9.17) is 0 Å². The Balaban J connectivity index is 1.66. The monoisotopic (exact) mass is 487 g/mol. The molecule has 0 saturated carbocycles. The van der Waals surface area contributed by atoms with Crippen molar-refractivity contribution in [2.75, 3.05) is 50.4 Å². The minimum Gasteiger partial charge on any atom is -0.370 e. The van der Waals surface area contributed by atoms with E-state index in [1.54, 1.807) is 17.2 Å². The van der Waals surface area contributed by atoms with Crippen LogP contribution in [0, 0.1) is 28.5 Å². The lowest BCUT2D eigenvalue weighted by atomic mass is 9.74. The summed E-state index contributed by atoms with van der Waals surface area (Å²) in [6.07, 6.45) is 4.30. The number of nitriles is 1. The first-order valence-corrected chi connectivity index (χ1v) is 13.3. The maximum atomic E-state index is 14.3. The fourth-order valence-corrected chi connectivity index (χ4v) is 5.78. The molecule has 2 saturated heterocycles. The highest BCUT2D eigenvalue weighted by Crippen LogP contribution is 2.38. The van der Waals surface area contributed by atoms with Crippen LogP contribution in [0.2, 0.25) is 0 Å². The lowest BCUT2D eigenvalue weighted by Gasteiger charge is -2.39. The van der Waals surface area contributed by atoms with Crippen LogP contribution >= 0.6 is 0 Å². The highest BCUT2D eigenvalue weighted by molar-refractivity contribution is 7.88. The number of halogens is 1. The quantitative estimate of drug-likeness (QED) is 0.658. The fraction of sp³-hybridized carbons (Fsp3) is 0.542. The summed E-state index contributed by atoms with van der Waals surface area (Å²) in [4.78, 5) is 21.7. The maximum Gasteiger partial charge on any atom is 0.257 e. The Bertz CT molecular complexity index is 1240. The topological polar surface area (TPSA) is 97.6 Å². The molecular weight excluding hydrogens is 457 g/mol. The molecule has 34 heavy (non-hydrogen) atoms. The molecule has 182 valence electrons. The van der Waals surface area contributed by atoms with Crippen LogP contribution in [0.5, 0.6) is 0 Å². The van der Waals surface area contributed by atoms with E-state index in [1.165, 1.54) is 22.7 Å². The van der Waals surface area contributed by atoms with Gasteiger partial charge in [0.05, 0.1) is 34.5 Å². The molecule has 2 aliphatic heterocycles. The van der Waals surface area contributed by atoms with E-state index < -0.39 is 21.3 Å². The van der Waals surface area contributed by atoms with E-state index in [2.05, 4.69) is 16.0 Å². The van der Waals surface area contributed by atoms with Crippen LogP contribution in [0.3, 0.4) is 0 Å². The third-order valence-corrected chi connectivity index (χ3v) is 8.45. The molecular formula is C24H30FN5O3S. The van der Waals surface area contributed by atoms with Crippen LogP contribution in [0.25, 0.3) is 10.9 Å². The molecule has 3 heterocycles. The van der Waals surface area contributed by atoms with Crippen molar-refractivity contribution in [3.63, 3.8) is 0 Å². The lowest BCUT2D eigenvalue weighted by Crippen LogP contribution is -2.50. The minimum absolute atomic E-state index is 0.235. The number of sulfonamides is 1. The number of carbonyl (C=O) groups excluding carboxylic acids is 1. The molecule has 2 aromatic rings. The number of piperazine rings is 1. The van der Waals surface area contributed by atoms with E-state index in [0.29, 0.717) is 35.2 Å². The molecule has 2 aliphatic rings. The number of benzene rings is 1. The zero-order chi connectivity index (χ0) is 24.7. The van der Waals surface area contributed by atoms with Crippen molar-refractivity contribution >= 4 is 32.5 Å². The number of pyridine rings is 1. The van der Waals surface area contributed by atoms with Crippen molar-refractivity contribution in [2.45, 2.75) is 26.7 Å². The first-order chi connectivity index (χ1) is 16.0. The third kappa shape index (κ3) is 4.72. The van der Waals surface area contributed by atoms with Gasteiger partial charge in [0.25, 0.3) is 5.91 Å². The molecule has 1 aromatic heterocycles. The van der Waals surface area contributed by atoms with E-state index in [9.17, 15) is 22.9 Å². The molecule has 0 aliphatic carbocycles. The van der Waals surface area contributed by atoms with Crippen molar-refractivity contribution < 1.29 is 17.6 Å². The predicted octanol–water partition coefficient (Wildman–Crippen LogP) is 2.86. The van der Waals surface area contributed by atoms with Crippen molar-refractivity contribution in [3.8, 4) is 6.07 Å². The molecule has 0 unspecified atom stereocenters. The van der Waals surface area contributed by atoms with Gasteiger partial charge in [-0.25, -0.2) is 12.8 Å². The van der Waals surface area contributed by atoms with Crippen LogP contribution in [-0.2, 0) is 10.0 Å². The van der Waals surface area contributed by atoms with Crippen molar-refractivity contribution in [3.05, 3.63) is 35.8 Å². The van der Waals surface area contributed by atoms with Gasteiger partial charge in [-0.05, 0) is 50.8 Å². The van der Waals surface area contributed by atoms with E-state index in [1.807, 2.05) is 13.8 Å². The normalized spacial score (nSPS) is 18.8. The third-order valence-electron chi connectivity index (χ3n) is 7.15. The standard InChI is InChI=1S/C24H30FN5O3S/c1-24(2,16-26)17-6-8-28(9-7-17)22-19-14-18(25)4-5-21(19)27-15-20(22)23(31)29-10-12-30(13-11-29)34(3,32)33/h4-5,14-15,17H,6-13H2,1-3H3. The van der Waals surface area contributed by atoms with E-state index in [-0.39, 0.29) is 38.0 Å². The molecule has 1 aromatic carbocycles. The summed E-state index contributed by atoms with van der Waals surface area (Å²) < 4.78 is 39.3. The number of amides is 1. The summed E-state index contributed by atoms with van der Waals surface area (Å²) in [7, 11) is -3.31. The molecule has 8 nitrogen and oxygen atoms in total. The summed E-state index contributed by atoms with van der Waals surface area (Å²) in [6.45, 7) is 6.25. The largest absolute Gasteiger partial charge is 0.370 e. The number of hydrogen-bond acceptors (Lipinski definition) is 6. The van der Waals surface area contributed by atoms with Crippen LogP contribution in [0.15, 0.2) is 24.4 Å². The van der Waals surface area contributed by atoms with Gasteiger partial charge in [-0.3, -0.25) is 9.78 Å². The predicted molar refractivity (Wildman–Crippen MR) is 128 cm³/mol. The highest BCUT2D eigenvalue weighted by Gasteiger charge is 2.35. The number of piperidine rings is 1. The molecule has 1 amide bonds. The summed E-state index contributed by atoms with van der Waals surface area (Å²) in [6, 6.07) is 6.79. The van der Waals surface area contributed by atoms with Gasteiger partial charge in [0.1, 0.15) is 5.82 Å². The molecule has 0 spiro atoms. The molecule has 0 radical (unpaired) electrons. The number of carbonyl (C=O) groups is 1. The van der Waals surface area contributed by atoms with Gasteiger partial charge in [-0.2, -0.15) is 9.57 Å². The summed E-state index contributed by atoms with van der Waals surface area (Å²) in [5, 5.41) is 10.1. The number of fused-ring (bicyclic) bond motifs is 1. The maximum absolute atomic E-state index is 14.3. The second-order valence-electron chi connectivity index (χ2n) is 9.73. The number of hydrogen-bond donors (Lipinski definition) is 0. The van der Waals surface area contributed by atoms with Crippen molar-refractivity contribution in [2.24, 2.45) is 11.3 Å². The summed E-state index contributed by atoms with van der Waals surface area (Å²) in [5.41, 5.74) is 1.22. The number of nitrogens with zero attached hydrogens (tertiary/aromatic N) is 5. The Labute approximate surface area is 200 Å². The average molecular weight is 488 g/mol. The first-order valence-electron chi connectivity index (χ1n) is 11.5. The van der Waals surface area contributed by atoms with Crippen LogP contribution in [0.4, 0.5) is 10.1 Å². The average Bonchev–Trinajstić information content (AvgIpc) is 2.82. The van der Waals surface area contributed by atoms with Crippen LogP contribution in [-0.4, -0.2) is 74.0 Å². The van der Waals surface area contributed by atoms with Crippen LogP contribution in [0.1, 0.15) is 37.0 Å². The molecule has 2 fully saturated rings. The van der Waals surface area contributed by atoms with Gasteiger partial charge >= 0.3 is 0 Å². The second kappa shape index (κ2) is 9.12. The Kier molecular flexibility index (Phi) is 6.53. The molecule has 0 N–H and O–H groups in total. The molecule has 0 atom stereocenters. The zero-order valence-electron chi connectivity index (χ0n) is 19.8. The fourth-order valence-electron chi connectivity index (χ4n) is 4.96. The van der Waals surface area contributed by atoms with Gasteiger partial charge in [0.2, 0.25) is 10.0 Å². The van der Waals surface area contributed by atoms with Gasteiger partial charge < -0.3 is 9.80 Å². The summed E-state index contributed by atoms with van der Waals surface area (Å²) >= 11 is 0. The zero-order valence-corrected chi connectivity index (χ0v) is 20.6. The SMILES string of the molecule is CC(C)(C#N)C1CCN(c2c(C(=O)N3CCN(S(C)(=O)=O)CC3)cnc3ccc(F)cc23)CC1. The van der Waals surface area contributed by atoms with Crippen molar-refractivity contribution in [1.29, 1.82) is 5.26 Å². The Hall–Kier alpha value is -2.77. The summed E-state index contributed by atoms with van der Waals surface area (Å²) in [5.74, 6) is -0.398. The lowest BCUT2D eigenvalue weighted by molar-refractivity contribution is 0.0698. The molecule has 10 heteroatoms. The smallest absolute Gasteiger partial charge is 0.257 e. The Morgan fingerprint density at radius 3 is 2.38 bits per heavy atom. The van der Waals surface area contributed by atoms with Gasteiger partial charge in [0.15, 0.2) is 0 Å². The number of anilines is 1. The van der Waals surface area contributed by atoms with Crippen LogP contribution < -0.4 is 4.90 Å². The van der Waals surface area contributed by atoms with Crippen molar-refractivity contribution in [1.82, 2.24) is 14.2 Å². The Morgan fingerprint density at radius 2 is 1.79 bits per heavy atom. The van der Waals surface area contributed by atoms with E-state index in [0.717, 1.165) is 12.8 Å². The number of aromatic nitrogens is 1. The molecule has 0 bridgehead atoms. The van der Waals surface area contributed by atoms with E-state index >= 15 is 0 Å². The minimum atomic E-state index is -3.31. The molecule has 4 rings (SSSR count). The first kappa shape index (κ1) is 24.4. The van der Waals surface area contributed by atoms with Gasteiger partial charge in [-0.1, -0.05) is 0 Å². The highest BCUT2D eigenvalue weighted by atomic mass is 32.2. The Morgan fingerprint density at radius 1 is 1.15 bits per heavy atom. The number of rotatable bonds is 4. The van der Waals surface area contributed by atoms with Gasteiger partial charge in [-0.15, -0.1) is 0 Å². The second-order valence-corrected chi connectivity index (χ2v) is 11.7. The van der Waals surface area contributed by atoms with Gasteiger partial charge in [0, 0.05) is 50.9 Å².